The quantitative estimate of drug-likeness (QED) is 0.486. The molecule has 3 aromatic rings. The van der Waals surface area contributed by atoms with Crippen molar-refractivity contribution in [3.63, 3.8) is 0 Å². The molecule has 5 nitrogen and oxygen atoms in total. The first kappa shape index (κ1) is 21.1. The van der Waals surface area contributed by atoms with E-state index in [1.807, 2.05) is 31.1 Å². The zero-order chi connectivity index (χ0) is 20.3. The fourth-order valence-electron chi connectivity index (χ4n) is 2.44. The Morgan fingerprint density at radius 2 is 1.79 bits per heavy atom. The molecule has 148 valence electrons. The minimum atomic E-state index is -0.210. The number of benzene rings is 2. The van der Waals surface area contributed by atoms with Crippen molar-refractivity contribution in [2.24, 2.45) is 0 Å². The van der Waals surface area contributed by atoms with Crippen molar-refractivity contribution in [1.29, 1.82) is 0 Å². The smallest absolute Gasteiger partial charge is 0.266 e. The van der Waals surface area contributed by atoms with Crippen molar-refractivity contribution < 1.29 is 9.53 Å². The number of halogens is 3. The zero-order valence-corrected chi connectivity index (χ0v) is 18.4. The first-order valence-electron chi connectivity index (χ1n) is 8.42. The van der Waals surface area contributed by atoms with Crippen molar-refractivity contribution in [2.75, 3.05) is 38.7 Å². The largest absolute Gasteiger partial charge is 0.482 e. The Kier molecular flexibility index (Phi) is 7.01. The van der Waals surface area contributed by atoms with E-state index in [4.69, 9.17) is 39.5 Å². The highest BCUT2D eigenvalue weighted by molar-refractivity contribution is 7.22. The summed E-state index contributed by atoms with van der Waals surface area (Å²) in [4.78, 5) is 21.1. The maximum Gasteiger partial charge on any atom is 0.266 e. The van der Waals surface area contributed by atoms with Gasteiger partial charge in [-0.3, -0.25) is 9.69 Å². The van der Waals surface area contributed by atoms with Gasteiger partial charge >= 0.3 is 0 Å². The molecule has 2 aromatic carbocycles. The van der Waals surface area contributed by atoms with Gasteiger partial charge in [0.1, 0.15) is 5.75 Å². The van der Waals surface area contributed by atoms with Crippen LogP contribution in [0.25, 0.3) is 10.2 Å². The van der Waals surface area contributed by atoms with Gasteiger partial charge in [-0.1, -0.05) is 46.1 Å². The Balaban J connectivity index is 1.80. The third-order valence-corrected chi connectivity index (χ3v) is 5.69. The van der Waals surface area contributed by atoms with Crippen LogP contribution in [-0.2, 0) is 4.79 Å². The molecule has 3 rings (SSSR count). The molecule has 0 aliphatic heterocycles. The normalized spacial score (nSPS) is 11.2. The number of hydrogen-bond acceptors (Lipinski definition) is 5. The molecule has 1 heterocycles. The Bertz CT molecular complexity index is 994. The molecule has 0 fully saturated rings. The van der Waals surface area contributed by atoms with Gasteiger partial charge in [-0.25, -0.2) is 4.98 Å². The number of hydrogen-bond donors (Lipinski definition) is 0. The zero-order valence-electron chi connectivity index (χ0n) is 15.3. The van der Waals surface area contributed by atoms with Gasteiger partial charge < -0.3 is 9.64 Å². The summed E-state index contributed by atoms with van der Waals surface area (Å²) in [6.45, 7) is 1.01. The minimum absolute atomic E-state index is 0.161. The summed E-state index contributed by atoms with van der Waals surface area (Å²) >= 11 is 19.5. The topological polar surface area (TPSA) is 45.7 Å². The Morgan fingerprint density at radius 1 is 1.07 bits per heavy atom. The molecule has 0 bridgehead atoms. The molecule has 0 unspecified atom stereocenters. The molecule has 0 N–H and O–H groups in total. The highest BCUT2D eigenvalue weighted by atomic mass is 35.5. The number of amides is 1. The predicted molar refractivity (Wildman–Crippen MR) is 117 cm³/mol. The van der Waals surface area contributed by atoms with Crippen LogP contribution in [0.15, 0.2) is 36.4 Å². The van der Waals surface area contributed by atoms with Crippen molar-refractivity contribution >= 4 is 67.4 Å². The number of anilines is 1. The van der Waals surface area contributed by atoms with E-state index in [1.165, 1.54) is 11.3 Å². The van der Waals surface area contributed by atoms with Crippen LogP contribution < -0.4 is 9.64 Å². The number of carbonyl (C=O) groups is 1. The second-order valence-electron chi connectivity index (χ2n) is 6.32. The summed E-state index contributed by atoms with van der Waals surface area (Å²) in [7, 11) is 3.90. The number of carbonyl (C=O) groups excluding carboxylic acids is 1. The second kappa shape index (κ2) is 9.29. The van der Waals surface area contributed by atoms with Crippen LogP contribution in [0.5, 0.6) is 5.75 Å². The van der Waals surface area contributed by atoms with Crippen LogP contribution >= 0.6 is 46.1 Å². The van der Waals surface area contributed by atoms with E-state index in [2.05, 4.69) is 4.98 Å². The summed E-state index contributed by atoms with van der Waals surface area (Å²) in [5, 5.41) is 2.10. The molecule has 0 spiro atoms. The van der Waals surface area contributed by atoms with E-state index in [1.54, 1.807) is 29.2 Å². The van der Waals surface area contributed by atoms with Crippen LogP contribution in [0.2, 0.25) is 15.1 Å². The van der Waals surface area contributed by atoms with Crippen LogP contribution in [0.4, 0.5) is 5.13 Å². The molecular formula is C19H18Cl3N3O2S. The maximum absolute atomic E-state index is 12.9. The number of likely N-dealkylation sites (N-methyl/N-ethyl adjacent to an activating group) is 1. The maximum atomic E-state index is 12.9. The van der Waals surface area contributed by atoms with E-state index in [0.717, 1.165) is 10.2 Å². The van der Waals surface area contributed by atoms with Crippen molar-refractivity contribution in [1.82, 2.24) is 9.88 Å². The molecule has 0 saturated carbocycles. The summed E-state index contributed by atoms with van der Waals surface area (Å²) in [5.74, 6) is 0.195. The van der Waals surface area contributed by atoms with Gasteiger partial charge in [0.05, 0.1) is 15.2 Å². The Morgan fingerprint density at radius 3 is 2.50 bits per heavy atom. The number of aromatic nitrogens is 1. The molecule has 9 heteroatoms. The predicted octanol–water partition coefficient (Wildman–Crippen LogP) is 5.23. The van der Waals surface area contributed by atoms with E-state index < -0.39 is 0 Å². The summed E-state index contributed by atoms with van der Waals surface area (Å²) < 4.78 is 6.54. The van der Waals surface area contributed by atoms with Crippen LogP contribution in [0.1, 0.15) is 0 Å². The molecule has 1 amide bonds. The number of nitrogens with zero attached hydrogens (tertiary/aromatic N) is 3. The van der Waals surface area contributed by atoms with Gasteiger partial charge in [-0.15, -0.1) is 0 Å². The van der Waals surface area contributed by atoms with Crippen LogP contribution in [0.3, 0.4) is 0 Å². The van der Waals surface area contributed by atoms with Gasteiger partial charge in [0.2, 0.25) is 0 Å². The number of fused-ring (bicyclic) bond motifs is 1. The average molecular weight is 459 g/mol. The van der Waals surface area contributed by atoms with Gasteiger partial charge in [0.15, 0.2) is 11.7 Å². The van der Waals surface area contributed by atoms with E-state index in [9.17, 15) is 4.79 Å². The number of thiazole rings is 1. The van der Waals surface area contributed by atoms with Crippen LogP contribution in [0, 0.1) is 0 Å². The lowest BCUT2D eigenvalue weighted by atomic mass is 10.3. The Hall–Kier alpha value is -1.57. The van der Waals surface area contributed by atoms with E-state index in [0.29, 0.717) is 39.0 Å². The third kappa shape index (κ3) is 5.27. The van der Waals surface area contributed by atoms with Crippen molar-refractivity contribution in [3.05, 3.63) is 51.5 Å². The Labute approximate surface area is 182 Å². The molecule has 0 aliphatic carbocycles. The molecule has 0 radical (unpaired) electrons. The van der Waals surface area contributed by atoms with Gasteiger partial charge in [0.25, 0.3) is 5.91 Å². The lowest BCUT2D eigenvalue weighted by Crippen LogP contribution is -2.39. The van der Waals surface area contributed by atoms with E-state index >= 15 is 0 Å². The van der Waals surface area contributed by atoms with Crippen molar-refractivity contribution in [3.8, 4) is 5.75 Å². The summed E-state index contributed by atoms with van der Waals surface area (Å²) in [5.41, 5.74) is 0.800. The van der Waals surface area contributed by atoms with Crippen molar-refractivity contribution in [2.45, 2.75) is 0 Å². The lowest BCUT2D eigenvalue weighted by Gasteiger charge is -2.22. The van der Waals surface area contributed by atoms with E-state index in [-0.39, 0.29) is 12.5 Å². The number of ether oxygens (including phenoxy) is 1. The monoisotopic (exact) mass is 457 g/mol. The molecule has 0 atom stereocenters. The SMILES string of the molecule is CN(C)CCN(C(=O)COc1ccc(Cl)cc1Cl)c1nc2ccc(Cl)cc2s1. The molecule has 1 aromatic heterocycles. The van der Waals surface area contributed by atoms with Gasteiger partial charge in [-0.2, -0.15) is 0 Å². The molecule has 0 aliphatic rings. The van der Waals surface area contributed by atoms with Crippen LogP contribution in [-0.4, -0.2) is 49.6 Å². The average Bonchev–Trinajstić information content (AvgIpc) is 3.03. The fourth-order valence-corrected chi connectivity index (χ4v) is 4.19. The second-order valence-corrected chi connectivity index (χ2v) is 8.61. The summed E-state index contributed by atoms with van der Waals surface area (Å²) in [6.07, 6.45) is 0. The number of rotatable bonds is 7. The highest BCUT2D eigenvalue weighted by Crippen LogP contribution is 2.31. The minimum Gasteiger partial charge on any atom is -0.482 e. The molecule has 28 heavy (non-hydrogen) atoms. The first-order chi connectivity index (χ1) is 13.3. The highest BCUT2D eigenvalue weighted by Gasteiger charge is 2.21. The third-order valence-electron chi connectivity index (χ3n) is 3.89. The first-order valence-corrected chi connectivity index (χ1v) is 10.4. The fraction of sp³-hybridized carbons (Fsp3) is 0.263. The molecular weight excluding hydrogens is 441 g/mol. The standard InChI is InChI=1S/C19H18Cl3N3O2S/c1-24(2)7-8-25(19-23-15-5-3-13(21)10-17(15)28-19)18(26)11-27-16-6-4-12(20)9-14(16)22/h3-6,9-10H,7-8,11H2,1-2H3. The lowest BCUT2D eigenvalue weighted by molar-refractivity contribution is -0.120. The summed E-state index contributed by atoms with van der Waals surface area (Å²) in [6, 6.07) is 10.3. The van der Waals surface area contributed by atoms with Gasteiger partial charge in [-0.05, 0) is 50.5 Å². The molecule has 0 saturated heterocycles. The van der Waals surface area contributed by atoms with Gasteiger partial charge in [0, 0.05) is 23.1 Å².